The summed E-state index contributed by atoms with van der Waals surface area (Å²) in [5, 5.41) is 4.16. The molecule has 2 rings (SSSR count). The molecule has 14 heavy (non-hydrogen) atoms. The van der Waals surface area contributed by atoms with Crippen molar-refractivity contribution in [2.45, 2.75) is 26.8 Å². The zero-order valence-electron chi connectivity index (χ0n) is 9.07. The minimum atomic E-state index is 0.478. The number of hydrazone groups is 1. The van der Waals surface area contributed by atoms with Gasteiger partial charge in [0.25, 0.3) is 0 Å². The van der Waals surface area contributed by atoms with Gasteiger partial charge in [-0.25, -0.2) is 0 Å². The number of allylic oxidation sites excluding steroid dienone is 3. The molecule has 0 amide bonds. The Kier molecular flexibility index (Phi) is 2.44. The molecule has 0 saturated heterocycles. The number of nitrogens with one attached hydrogen (secondary N) is 1. The monoisotopic (exact) mass is 190 g/mol. The summed E-state index contributed by atoms with van der Waals surface area (Å²) in [6.45, 7) is 6.73. The Morgan fingerprint density at radius 2 is 2.07 bits per heavy atom. The molecular formula is C12H18N2. The molecule has 0 spiro atoms. The lowest BCUT2D eigenvalue weighted by Gasteiger charge is -2.32. The Hall–Kier alpha value is -1.05. The van der Waals surface area contributed by atoms with Crippen molar-refractivity contribution in [2.24, 2.45) is 22.9 Å². The van der Waals surface area contributed by atoms with E-state index >= 15 is 0 Å². The van der Waals surface area contributed by atoms with E-state index in [0.29, 0.717) is 23.8 Å². The van der Waals surface area contributed by atoms with E-state index in [2.05, 4.69) is 49.5 Å². The molecule has 2 nitrogen and oxygen atoms in total. The summed E-state index contributed by atoms with van der Waals surface area (Å²) >= 11 is 0. The summed E-state index contributed by atoms with van der Waals surface area (Å²) in [5.74, 6) is 1.75. The van der Waals surface area contributed by atoms with Gasteiger partial charge in [0.15, 0.2) is 0 Å². The predicted octanol–water partition coefficient (Wildman–Crippen LogP) is 2.35. The van der Waals surface area contributed by atoms with Crippen LogP contribution >= 0.6 is 0 Å². The van der Waals surface area contributed by atoms with Crippen molar-refractivity contribution < 1.29 is 0 Å². The lowest BCUT2D eigenvalue weighted by Crippen LogP contribution is -2.38. The quantitative estimate of drug-likeness (QED) is 0.674. The molecule has 0 bridgehead atoms. The average Bonchev–Trinajstić information content (AvgIpc) is 2.52. The van der Waals surface area contributed by atoms with Gasteiger partial charge in [-0.05, 0) is 12.8 Å². The maximum absolute atomic E-state index is 4.16. The average molecular weight is 190 g/mol. The smallest absolute Gasteiger partial charge is 0.0586 e. The summed E-state index contributed by atoms with van der Waals surface area (Å²) in [6.07, 6.45) is 8.68. The van der Waals surface area contributed by atoms with E-state index in [1.54, 1.807) is 0 Å². The van der Waals surface area contributed by atoms with E-state index in [9.17, 15) is 0 Å². The lowest BCUT2D eigenvalue weighted by atomic mass is 9.76. The van der Waals surface area contributed by atoms with Crippen LogP contribution in [0.4, 0.5) is 0 Å². The van der Waals surface area contributed by atoms with Crippen molar-refractivity contribution in [1.29, 1.82) is 0 Å². The van der Waals surface area contributed by atoms with Crippen LogP contribution in [0.1, 0.15) is 20.8 Å². The van der Waals surface area contributed by atoms with Crippen molar-refractivity contribution in [1.82, 2.24) is 5.43 Å². The normalized spacial score (nSPS) is 40.9. The van der Waals surface area contributed by atoms with Crippen LogP contribution in [0, 0.1) is 17.8 Å². The number of rotatable bonds is 1. The van der Waals surface area contributed by atoms with E-state index in [1.807, 2.05) is 6.21 Å². The van der Waals surface area contributed by atoms with Crippen LogP contribution in [0.3, 0.4) is 0 Å². The van der Waals surface area contributed by atoms with E-state index in [1.165, 1.54) is 5.57 Å². The van der Waals surface area contributed by atoms with Gasteiger partial charge in [0.1, 0.15) is 0 Å². The van der Waals surface area contributed by atoms with Crippen LogP contribution in [0.5, 0.6) is 0 Å². The molecule has 0 saturated carbocycles. The maximum Gasteiger partial charge on any atom is 0.0586 e. The van der Waals surface area contributed by atoms with Crippen LogP contribution in [0.15, 0.2) is 28.9 Å². The highest BCUT2D eigenvalue weighted by molar-refractivity contribution is 5.63. The molecule has 0 aromatic rings. The Morgan fingerprint density at radius 3 is 2.64 bits per heavy atom. The Bertz CT molecular complexity index is 301. The van der Waals surface area contributed by atoms with Crippen LogP contribution in [-0.2, 0) is 0 Å². The number of nitrogens with zero attached hydrogens (tertiary/aromatic N) is 1. The highest BCUT2D eigenvalue weighted by Crippen LogP contribution is 2.32. The largest absolute Gasteiger partial charge is 0.306 e. The maximum atomic E-state index is 4.16. The van der Waals surface area contributed by atoms with E-state index in [4.69, 9.17) is 0 Å². The van der Waals surface area contributed by atoms with Crippen LogP contribution in [-0.4, -0.2) is 12.3 Å². The zero-order valence-corrected chi connectivity index (χ0v) is 9.07. The number of hydrogen-bond donors (Lipinski definition) is 1. The van der Waals surface area contributed by atoms with Crippen molar-refractivity contribution in [3.05, 3.63) is 23.8 Å². The van der Waals surface area contributed by atoms with Crippen LogP contribution in [0.25, 0.3) is 0 Å². The van der Waals surface area contributed by atoms with Crippen LogP contribution in [0.2, 0.25) is 0 Å². The third-order valence-electron chi connectivity index (χ3n) is 3.35. The molecule has 0 radical (unpaired) electrons. The standard InChI is InChI=1S/C12H18N2/c1-8-5-4-6-9(2)11(8)12-10(3)7-13-14-12/h4-8,10-12,14H,1-3H3/t8?,10?,11?,12-/m0/s1. The second-order valence-electron chi connectivity index (χ2n) is 4.47. The lowest BCUT2D eigenvalue weighted by molar-refractivity contribution is 0.321. The third kappa shape index (κ3) is 1.49. The first-order chi connectivity index (χ1) is 6.70. The minimum absolute atomic E-state index is 0.478. The fourth-order valence-corrected chi connectivity index (χ4v) is 2.50. The molecule has 2 heteroatoms. The van der Waals surface area contributed by atoms with Gasteiger partial charge in [-0.2, -0.15) is 5.10 Å². The Balaban J connectivity index is 2.17. The molecule has 76 valence electrons. The Labute approximate surface area is 85.8 Å². The topological polar surface area (TPSA) is 24.4 Å². The highest BCUT2D eigenvalue weighted by Gasteiger charge is 2.33. The highest BCUT2D eigenvalue weighted by atomic mass is 15.3. The van der Waals surface area contributed by atoms with E-state index in [0.717, 1.165) is 0 Å². The molecule has 1 aliphatic heterocycles. The van der Waals surface area contributed by atoms with Gasteiger partial charge in [0, 0.05) is 18.1 Å². The van der Waals surface area contributed by atoms with Gasteiger partial charge >= 0.3 is 0 Å². The zero-order chi connectivity index (χ0) is 10.1. The summed E-state index contributed by atoms with van der Waals surface area (Å²) in [5.41, 5.74) is 4.70. The first kappa shape index (κ1) is 9.50. The minimum Gasteiger partial charge on any atom is -0.306 e. The fraction of sp³-hybridized carbons (Fsp3) is 0.583. The van der Waals surface area contributed by atoms with E-state index < -0.39 is 0 Å². The molecule has 1 heterocycles. The van der Waals surface area contributed by atoms with Gasteiger partial charge in [-0.3, -0.25) is 0 Å². The molecule has 1 N–H and O–H groups in total. The van der Waals surface area contributed by atoms with Gasteiger partial charge < -0.3 is 5.43 Å². The Morgan fingerprint density at radius 1 is 1.29 bits per heavy atom. The van der Waals surface area contributed by atoms with Gasteiger partial charge in [0.2, 0.25) is 0 Å². The van der Waals surface area contributed by atoms with Gasteiger partial charge in [0.05, 0.1) is 6.04 Å². The first-order valence-electron chi connectivity index (χ1n) is 5.34. The summed E-state index contributed by atoms with van der Waals surface area (Å²) in [4.78, 5) is 0. The second-order valence-corrected chi connectivity index (χ2v) is 4.47. The SMILES string of the molecule is CC1=CC=CC(C)C1[C@H]1NN=CC1C. The molecule has 3 unspecified atom stereocenters. The summed E-state index contributed by atoms with van der Waals surface area (Å²) in [6, 6.07) is 0.478. The molecule has 2 aliphatic rings. The van der Waals surface area contributed by atoms with Crippen molar-refractivity contribution in [3.8, 4) is 0 Å². The second kappa shape index (κ2) is 3.60. The molecular weight excluding hydrogens is 172 g/mol. The predicted molar refractivity (Wildman–Crippen MR) is 60.1 cm³/mol. The van der Waals surface area contributed by atoms with Gasteiger partial charge in [-0.15, -0.1) is 0 Å². The van der Waals surface area contributed by atoms with Crippen molar-refractivity contribution in [2.75, 3.05) is 0 Å². The van der Waals surface area contributed by atoms with E-state index in [-0.39, 0.29) is 0 Å². The molecule has 4 atom stereocenters. The first-order valence-corrected chi connectivity index (χ1v) is 5.34. The molecule has 1 aliphatic carbocycles. The summed E-state index contributed by atoms with van der Waals surface area (Å²) < 4.78 is 0. The van der Waals surface area contributed by atoms with Gasteiger partial charge in [-0.1, -0.05) is 37.6 Å². The molecule has 0 aromatic carbocycles. The molecule has 0 fully saturated rings. The van der Waals surface area contributed by atoms with Crippen molar-refractivity contribution in [3.63, 3.8) is 0 Å². The molecule has 0 aromatic heterocycles. The van der Waals surface area contributed by atoms with Crippen LogP contribution < -0.4 is 5.43 Å². The fourth-order valence-electron chi connectivity index (χ4n) is 2.50. The third-order valence-corrected chi connectivity index (χ3v) is 3.35. The number of hydrogen-bond acceptors (Lipinski definition) is 2. The summed E-state index contributed by atoms with van der Waals surface area (Å²) in [7, 11) is 0. The van der Waals surface area contributed by atoms with Crippen molar-refractivity contribution >= 4 is 6.21 Å².